The number of hydrazine groups is 1. The van der Waals surface area contributed by atoms with Gasteiger partial charge in [-0.05, 0) is 43.9 Å². The minimum Gasteiger partial charge on any atom is -0.476 e. The number of rotatable bonds is 4. The van der Waals surface area contributed by atoms with Gasteiger partial charge in [-0.3, -0.25) is 5.84 Å². The molecule has 2 aliphatic carbocycles. The highest BCUT2D eigenvalue weighted by atomic mass is 16.5. The molecule has 2 rings (SSSR count). The van der Waals surface area contributed by atoms with Gasteiger partial charge in [0.1, 0.15) is 6.10 Å². The molecule has 0 amide bonds. The Kier molecular flexibility index (Phi) is 4.19. The molecule has 2 fully saturated rings. The van der Waals surface area contributed by atoms with E-state index in [0.717, 1.165) is 25.7 Å². The van der Waals surface area contributed by atoms with E-state index in [-0.39, 0.29) is 17.7 Å². The van der Waals surface area contributed by atoms with Crippen LogP contribution in [0, 0.1) is 5.41 Å². The Bertz CT molecular complexity index is 365. The molecule has 0 saturated heterocycles. The second kappa shape index (κ2) is 5.69. The quantitative estimate of drug-likeness (QED) is 0.264. The van der Waals surface area contributed by atoms with Crippen molar-refractivity contribution in [2.24, 2.45) is 17.0 Å². The normalized spacial score (nSPS) is 24.1. The molecule has 0 aliphatic heterocycles. The summed E-state index contributed by atoms with van der Waals surface area (Å²) in [6.07, 6.45) is 9.55. The van der Waals surface area contributed by atoms with E-state index in [4.69, 9.17) is 21.4 Å². The Labute approximate surface area is 113 Å². The highest BCUT2D eigenvalue weighted by Gasteiger charge is 2.38. The first-order valence-corrected chi connectivity index (χ1v) is 6.93. The van der Waals surface area contributed by atoms with Crippen molar-refractivity contribution in [1.82, 2.24) is 5.43 Å². The summed E-state index contributed by atoms with van der Waals surface area (Å²) in [5, 5.41) is 8.88. The van der Waals surface area contributed by atoms with Crippen LogP contribution in [0.3, 0.4) is 0 Å². The molecule has 0 bridgehead atoms. The van der Waals surface area contributed by atoms with Crippen LogP contribution in [0.25, 0.3) is 0 Å². The molecule has 0 aromatic heterocycles. The molecule has 0 atom stereocenters. The van der Waals surface area contributed by atoms with Crippen LogP contribution in [0.4, 0.5) is 0 Å². The first-order chi connectivity index (χ1) is 9.06. The number of ether oxygens (including phenoxy) is 1. The molecule has 2 aliphatic rings. The maximum absolute atomic E-state index is 10.9. The topological polar surface area (TPSA) is 111 Å². The van der Waals surface area contributed by atoms with Gasteiger partial charge in [-0.2, -0.15) is 0 Å². The molecular weight excluding hydrogens is 246 g/mol. The molecule has 6 nitrogen and oxygen atoms in total. The van der Waals surface area contributed by atoms with Crippen molar-refractivity contribution in [3.8, 4) is 0 Å². The van der Waals surface area contributed by atoms with E-state index in [1.807, 2.05) is 0 Å². The minimum atomic E-state index is -1.21. The Morgan fingerprint density at radius 3 is 2.26 bits per heavy atom. The lowest BCUT2D eigenvalue weighted by molar-refractivity contribution is -0.133. The zero-order valence-electron chi connectivity index (χ0n) is 11.2. The van der Waals surface area contributed by atoms with E-state index in [2.05, 4.69) is 5.43 Å². The lowest BCUT2D eigenvalue weighted by atomic mass is 9.72. The third-order valence-electron chi connectivity index (χ3n) is 4.56. The van der Waals surface area contributed by atoms with Gasteiger partial charge >= 0.3 is 5.97 Å². The van der Waals surface area contributed by atoms with Crippen molar-refractivity contribution in [3.05, 3.63) is 11.6 Å². The molecule has 0 radical (unpaired) electrons. The van der Waals surface area contributed by atoms with Crippen LogP contribution in [0.5, 0.6) is 0 Å². The van der Waals surface area contributed by atoms with Crippen LogP contribution >= 0.6 is 0 Å². The Morgan fingerprint density at radius 1 is 1.21 bits per heavy atom. The van der Waals surface area contributed by atoms with Gasteiger partial charge in [-0.25, -0.2) is 4.79 Å². The second-order valence-electron chi connectivity index (χ2n) is 5.71. The van der Waals surface area contributed by atoms with Crippen LogP contribution in [0.1, 0.15) is 51.4 Å². The predicted molar refractivity (Wildman–Crippen MR) is 70.4 cm³/mol. The molecule has 19 heavy (non-hydrogen) atoms. The fraction of sp³-hybridized carbons (Fsp3) is 0.769. The third-order valence-corrected chi connectivity index (χ3v) is 4.56. The average molecular weight is 269 g/mol. The number of carboxylic acid groups (broad SMARTS) is 1. The summed E-state index contributed by atoms with van der Waals surface area (Å²) >= 11 is 0. The Morgan fingerprint density at radius 2 is 1.79 bits per heavy atom. The summed E-state index contributed by atoms with van der Waals surface area (Å²) in [5.41, 5.74) is 7.96. The lowest BCUT2D eigenvalue weighted by Crippen LogP contribution is -2.34. The van der Waals surface area contributed by atoms with Gasteiger partial charge in [0.2, 0.25) is 5.88 Å². The van der Waals surface area contributed by atoms with Crippen molar-refractivity contribution in [2.45, 2.75) is 57.5 Å². The van der Waals surface area contributed by atoms with Gasteiger partial charge in [0.15, 0.2) is 5.70 Å². The fourth-order valence-electron chi connectivity index (χ4n) is 3.42. The molecule has 2 saturated carbocycles. The van der Waals surface area contributed by atoms with Gasteiger partial charge in [0.25, 0.3) is 0 Å². The number of hydrogen-bond donors (Lipinski definition) is 4. The van der Waals surface area contributed by atoms with E-state index in [0.29, 0.717) is 5.41 Å². The molecule has 6 N–H and O–H groups in total. The van der Waals surface area contributed by atoms with Crippen molar-refractivity contribution in [2.75, 3.05) is 0 Å². The van der Waals surface area contributed by atoms with Crippen molar-refractivity contribution < 1.29 is 14.6 Å². The summed E-state index contributed by atoms with van der Waals surface area (Å²) in [4.78, 5) is 10.9. The molecule has 0 aromatic rings. The number of hydrogen-bond acceptors (Lipinski definition) is 5. The first kappa shape index (κ1) is 14.0. The van der Waals surface area contributed by atoms with E-state index in [1.54, 1.807) is 0 Å². The van der Waals surface area contributed by atoms with E-state index in [9.17, 15) is 4.79 Å². The Balaban J connectivity index is 1.90. The van der Waals surface area contributed by atoms with Crippen molar-refractivity contribution in [3.63, 3.8) is 0 Å². The number of carbonyl (C=O) groups is 1. The standard InChI is InChI=1S/C13H23N3O3/c14-11(10(16-15)12(17)18)19-9-3-7-13(8-4-9)5-1-2-6-13/h9,16H,1-8,14-15H2,(H,17,18)/b11-10+. The van der Waals surface area contributed by atoms with Crippen LogP contribution in [-0.4, -0.2) is 17.2 Å². The van der Waals surface area contributed by atoms with Gasteiger partial charge < -0.3 is 21.0 Å². The van der Waals surface area contributed by atoms with Crippen LogP contribution in [0.2, 0.25) is 0 Å². The van der Waals surface area contributed by atoms with Gasteiger partial charge in [-0.1, -0.05) is 12.8 Å². The highest BCUT2D eigenvalue weighted by Crippen LogP contribution is 2.49. The van der Waals surface area contributed by atoms with Gasteiger partial charge in [0, 0.05) is 0 Å². The number of nitrogens with one attached hydrogen (secondary N) is 1. The largest absolute Gasteiger partial charge is 0.476 e. The predicted octanol–water partition coefficient (Wildman–Crippen LogP) is 1.18. The summed E-state index contributed by atoms with van der Waals surface area (Å²) in [5.74, 6) is 3.80. The third kappa shape index (κ3) is 3.12. The van der Waals surface area contributed by atoms with Gasteiger partial charge in [-0.15, -0.1) is 0 Å². The first-order valence-electron chi connectivity index (χ1n) is 6.93. The summed E-state index contributed by atoms with van der Waals surface area (Å²) in [7, 11) is 0. The summed E-state index contributed by atoms with van der Waals surface area (Å²) < 4.78 is 5.54. The fourth-order valence-corrected chi connectivity index (χ4v) is 3.42. The second-order valence-corrected chi connectivity index (χ2v) is 5.71. The van der Waals surface area contributed by atoms with E-state index in [1.165, 1.54) is 25.7 Å². The number of carboxylic acids is 1. The van der Waals surface area contributed by atoms with Crippen LogP contribution in [-0.2, 0) is 9.53 Å². The molecule has 1 spiro atoms. The van der Waals surface area contributed by atoms with Crippen molar-refractivity contribution >= 4 is 5.97 Å². The number of nitrogens with two attached hydrogens (primary N) is 2. The minimum absolute atomic E-state index is 0.00826. The van der Waals surface area contributed by atoms with Crippen LogP contribution < -0.4 is 17.0 Å². The van der Waals surface area contributed by atoms with Crippen molar-refractivity contribution in [1.29, 1.82) is 0 Å². The smallest absolute Gasteiger partial charge is 0.358 e. The van der Waals surface area contributed by atoms with E-state index >= 15 is 0 Å². The van der Waals surface area contributed by atoms with E-state index < -0.39 is 5.97 Å². The number of aliphatic carboxylic acids is 1. The molecule has 108 valence electrons. The zero-order chi connectivity index (χ0) is 13.9. The average Bonchev–Trinajstić information content (AvgIpc) is 2.81. The summed E-state index contributed by atoms with van der Waals surface area (Å²) in [6.45, 7) is 0. The highest BCUT2D eigenvalue weighted by molar-refractivity contribution is 5.86. The molecular formula is C13H23N3O3. The maximum Gasteiger partial charge on any atom is 0.358 e. The van der Waals surface area contributed by atoms with Gasteiger partial charge in [0.05, 0.1) is 0 Å². The maximum atomic E-state index is 10.9. The lowest BCUT2D eigenvalue weighted by Gasteiger charge is -2.37. The molecule has 0 unspecified atom stereocenters. The van der Waals surface area contributed by atoms with Crippen LogP contribution in [0.15, 0.2) is 11.6 Å². The summed E-state index contributed by atoms with van der Waals surface area (Å²) in [6, 6.07) is 0. The molecule has 6 heteroatoms. The molecule has 0 aromatic carbocycles. The monoisotopic (exact) mass is 269 g/mol. The Hall–Kier alpha value is -1.43. The SMILES string of the molecule is NN/C(C(=O)O)=C(\N)OC1CCC2(CCCC2)CC1. The zero-order valence-corrected chi connectivity index (χ0v) is 11.2. The molecule has 0 heterocycles.